The van der Waals surface area contributed by atoms with Crippen molar-refractivity contribution >= 4 is 11.6 Å². The van der Waals surface area contributed by atoms with Crippen LogP contribution in [0, 0.1) is 6.92 Å². The lowest BCUT2D eigenvalue weighted by molar-refractivity contribution is 1.29. The Morgan fingerprint density at radius 2 is 2.62 bits per heavy atom. The average Bonchev–Trinajstić information content (AvgIpc) is 1.59. The molecule has 8 heavy (non-hydrogen) atoms. The normalized spacial score (nSPS) is 11.0. The van der Waals surface area contributed by atoms with Crippen LogP contribution in [0.1, 0.15) is 6.93 Å². The van der Waals surface area contributed by atoms with Gasteiger partial charge in [-0.1, -0.05) is 11.6 Å². The van der Waals surface area contributed by atoms with Crippen LogP contribution >= 0.6 is 11.6 Å². The Morgan fingerprint density at radius 3 is 3.12 bits per heavy atom. The van der Waals surface area contributed by atoms with Gasteiger partial charge in [0.15, 0.2) is 0 Å². The highest BCUT2D eigenvalue weighted by Crippen LogP contribution is 2.04. The second-order valence-electron chi connectivity index (χ2n) is 1.60. The van der Waals surface area contributed by atoms with E-state index >= 15 is 0 Å². The van der Waals surface area contributed by atoms with Crippen molar-refractivity contribution in [2.75, 3.05) is 0 Å². The van der Waals surface area contributed by atoms with Crippen LogP contribution in [-0.4, -0.2) is 4.98 Å². The van der Waals surface area contributed by atoms with Crippen LogP contribution in [0.3, 0.4) is 0 Å². The summed E-state index contributed by atoms with van der Waals surface area (Å²) in [6.45, 7) is 1.88. The molecular formula is C6H6ClN. The molecule has 0 radical (unpaired) electrons. The number of aryl methyl sites for hydroxylation is 1. The minimum absolute atomic E-state index is 0.222. The smallest absolute Gasteiger partial charge is 0.129 e. The molecule has 42 valence electrons. The summed E-state index contributed by atoms with van der Waals surface area (Å²) in [6.07, 6.45) is 0.222. The topological polar surface area (TPSA) is 12.9 Å². The van der Waals surface area contributed by atoms with Crippen LogP contribution in [0.4, 0.5) is 0 Å². The second kappa shape index (κ2) is 2.14. The number of hydrogen-bond acceptors (Lipinski definition) is 1. The summed E-state index contributed by atoms with van der Waals surface area (Å²) < 4.78 is 7.08. The van der Waals surface area contributed by atoms with Gasteiger partial charge in [0, 0.05) is 6.17 Å². The van der Waals surface area contributed by atoms with Crippen molar-refractivity contribution in [2.24, 2.45) is 0 Å². The molecule has 0 atom stereocenters. The maximum absolute atomic E-state index is 7.08. The number of aromatic nitrogens is 1. The third kappa shape index (κ3) is 1.20. The summed E-state index contributed by atoms with van der Waals surface area (Å²) in [6, 6.07) is 3.38. The zero-order chi connectivity index (χ0) is 6.85. The fourth-order valence-electron chi connectivity index (χ4n) is 0.458. The number of halogens is 1. The minimum atomic E-state index is 0.222. The second-order valence-corrected chi connectivity index (χ2v) is 1.98. The molecule has 0 aliphatic rings. The van der Waals surface area contributed by atoms with Crippen molar-refractivity contribution in [3.05, 3.63) is 29.0 Å². The average molecular weight is 129 g/mol. The first-order valence-corrected chi connectivity index (χ1v) is 2.67. The van der Waals surface area contributed by atoms with Gasteiger partial charge in [-0.25, -0.2) is 4.98 Å². The van der Waals surface area contributed by atoms with Crippen molar-refractivity contribution in [3.63, 3.8) is 0 Å². The number of rotatable bonds is 0. The number of pyridine rings is 1. The quantitative estimate of drug-likeness (QED) is 0.488. The molecule has 0 N–H and O–H groups in total. The third-order valence-electron chi connectivity index (χ3n) is 0.810. The van der Waals surface area contributed by atoms with E-state index in [1.54, 1.807) is 12.1 Å². The molecule has 0 saturated heterocycles. The van der Waals surface area contributed by atoms with E-state index < -0.39 is 0 Å². The first-order valence-electron chi connectivity index (χ1n) is 2.79. The number of hydrogen-bond donors (Lipinski definition) is 0. The predicted molar refractivity (Wildman–Crippen MR) is 34.0 cm³/mol. The van der Waals surface area contributed by atoms with Gasteiger partial charge in [0.2, 0.25) is 0 Å². The monoisotopic (exact) mass is 128 g/mol. The van der Waals surface area contributed by atoms with E-state index in [0.717, 1.165) is 5.56 Å². The zero-order valence-electron chi connectivity index (χ0n) is 5.48. The highest BCUT2D eigenvalue weighted by Gasteiger charge is 1.84. The van der Waals surface area contributed by atoms with Gasteiger partial charge in [-0.05, 0) is 24.6 Å². The maximum atomic E-state index is 7.08. The van der Waals surface area contributed by atoms with Gasteiger partial charge < -0.3 is 0 Å². The third-order valence-corrected chi connectivity index (χ3v) is 1.00. The lowest BCUT2D eigenvalue weighted by Crippen LogP contribution is -1.73. The Balaban J connectivity index is 3.17. The molecule has 1 aromatic heterocycles. The summed E-state index contributed by atoms with van der Waals surface area (Å²) in [5.74, 6) is 0. The van der Waals surface area contributed by atoms with Crippen LogP contribution in [0.5, 0.6) is 0 Å². The Bertz CT molecular complexity index is 174. The van der Waals surface area contributed by atoms with E-state index in [1.165, 1.54) is 0 Å². The molecule has 1 aromatic rings. The van der Waals surface area contributed by atoms with Crippen LogP contribution < -0.4 is 0 Å². The van der Waals surface area contributed by atoms with Gasteiger partial charge in [-0.2, -0.15) is 0 Å². The molecule has 0 unspecified atom stereocenters. The highest BCUT2D eigenvalue weighted by atomic mass is 35.5. The SMILES string of the molecule is [2H]c1cc(C)cc(Cl)n1. The first-order chi connectivity index (χ1) is 4.18. The molecule has 0 bridgehead atoms. The highest BCUT2D eigenvalue weighted by molar-refractivity contribution is 6.29. The molecule has 0 aromatic carbocycles. The van der Waals surface area contributed by atoms with Gasteiger partial charge in [0.1, 0.15) is 5.15 Å². The van der Waals surface area contributed by atoms with E-state index in [2.05, 4.69) is 4.98 Å². The molecule has 0 aliphatic heterocycles. The zero-order valence-corrected chi connectivity index (χ0v) is 5.24. The summed E-state index contributed by atoms with van der Waals surface area (Å²) in [7, 11) is 0. The van der Waals surface area contributed by atoms with Crippen molar-refractivity contribution in [1.29, 1.82) is 0 Å². The van der Waals surface area contributed by atoms with Crippen molar-refractivity contribution in [3.8, 4) is 0 Å². The Kier molecular flexibility index (Phi) is 1.16. The van der Waals surface area contributed by atoms with Gasteiger partial charge in [0.05, 0.1) is 1.37 Å². The van der Waals surface area contributed by atoms with E-state index in [0.29, 0.717) is 5.15 Å². The van der Waals surface area contributed by atoms with Gasteiger partial charge in [-0.3, -0.25) is 0 Å². The lowest BCUT2D eigenvalue weighted by atomic mass is 10.3. The fourth-order valence-corrected chi connectivity index (χ4v) is 0.678. The molecule has 0 fully saturated rings. The largest absolute Gasteiger partial charge is 0.245 e. The summed E-state index contributed by atoms with van der Waals surface area (Å²) in [4.78, 5) is 3.67. The minimum Gasteiger partial charge on any atom is -0.245 e. The fraction of sp³-hybridized carbons (Fsp3) is 0.167. The molecule has 2 heteroatoms. The standard InChI is InChI=1S/C6H6ClN/c1-5-2-3-8-6(7)4-5/h2-4H,1H3/i3D. The van der Waals surface area contributed by atoms with Crippen LogP contribution in [-0.2, 0) is 0 Å². The van der Waals surface area contributed by atoms with Crippen LogP contribution in [0.2, 0.25) is 5.15 Å². The van der Waals surface area contributed by atoms with Crippen LogP contribution in [0.15, 0.2) is 18.3 Å². The van der Waals surface area contributed by atoms with Crippen LogP contribution in [0.25, 0.3) is 0 Å². The predicted octanol–water partition coefficient (Wildman–Crippen LogP) is 2.04. The van der Waals surface area contributed by atoms with Crippen molar-refractivity contribution in [1.82, 2.24) is 4.98 Å². The molecular weight excluding hydrogens is 122 g/mol. The molecule has 0 aliphatic carbocycles. The molecule has 0 saturated carbocycles. The summed E-state index contributed by atoms with van der Waals surface area (Å²) in [5.41, 5.74) is 0.972. The van der Waals surface area contributed by atoms with Crippen molar-refractivity contribution < 1.29 is 1.37 Å². The molecule has 0 spiro atoms. The first kappa shape index (κ1) is 4.33. The summed E-state index contributed by atoms with van der Waals surface area (Å²) >= 11 is 5.52. The Hall–Kier alpha value is -0.560. The van der Waals surface area contributed by atoms with E-state index in [-0.39, 0.29) is 6.17 Å². The Morgan fingerprint density at radius 1 is 1.88 bits per heavy atom. The summed E-state index contributed by atoms with van der Waals surface area (Å²) in [5, 5.41) is 0.389. The molecule has 1 heterocycles. The van der Waals surface area contributed by atoms with E-state index in [9.17, 15) is 0 Å². The van der Waals surface area contributed by atoms with Crippen molar-refractivity contribution in [2.45, 2.75) is 6.92 Å². The van der Waals surface area contributed by atoms with Gasteiger partial charge >= 0.3 is 0 Å². The molecule has 1 rings (SSSR count). The van der Waals surface area contributed by atoms with Gasteiger partial charge in [0.25, 0.3) is 0 Å². The lowest BCUT2D eigenvalue weighted by Gasteiger charge is -1.88. The van der Waals surface area contributed by atoms with E-state index in [1.807, 2.05) is 6.92 Å². The molecule has 0 amide bonds. The van der Waals surface area contributed by atoms with Gasteiger partial charge in [-0.15, -0.1) is 0 Å². The Labute approximate surface area is 54.7 Å². The molecule has 1 nitrogen and oxygen atoms in total. The van der Waals surface area contributed by atoms with E-state index in [4.69, 9.17) is 13.0 Å². The number of nitrogens with zero attached hydrogens (tertiary/aromatic N) is 1. The maximum Gasteiger partial charge on any atom is 0.129 e.